The molecular formula is C16H19FO2. The summed E-state index contributed by atoms with van der Waals surface area (Å²) in [7, 11) is 0. The fraction of sp³-hybridized carbons (Fsp3) is 0.438. The molecule has 3 heteroatoms. The first-order valence-corrected chi connectivity index (χ1v) is 6.60. The van der Waals surface area contributed by atoms with E-state index in [-0.39, 0.29) is 12.2 Å². The molecule has 1 aliphatic carbocycles. The topological polar surface area (TPSA) is 26.3 Å². The van der Waals surface area contributed by atoms with E-state index in [0.29, 0.717) is 5.56 Å². The van der Waals surface area contributed by atoms with Gasteiger partial charge in [-0.1, -0.05) is 23.8 Å². The number of alkyl halides is 1. The van der Waals surface area contributed by atoms with Gasteiger partial charge in [-0.05, 0) is 49.5 Å². The van der Waals surface area contributed by atoms with Crippen LogP contribution < -0.4 is 0 Å². The SMILES string of the molecule is Cc1cc(CF)cc([C@@H](C)O[C@@H]2C=C(C=O)CC2)c1. The van der Waals surface area contributed by atoms with Gasteiger partial charge in [-0.25, -0.2) is 4.39 Å². The molecule has 1 aliphatic rings. The van der Waals surface area contributed by atoms with Crippen molar-refractivity contribution in [2.75, 3.05) is 0 Å². The average molecular weight is 262 g/mol. The van der Waals surface area contributed by atoms with Crippen LogP contribution in [0.1, 0.15) is 42.6 Å². The van der Waals surface area contributed by atoms with E-state index in [4.69, 9.17) is 4.74 Å². The second kappa shape index (κ2) is 6.11. The molecule has 2 atom stereocenters. The van der Waals surface area contributed by atoms with E-state index in [1.54, 1.807) is 0 Å². The number of allylic oxidation sites excluding steroid dienone is 1. The third-order valence-corrected chi connectivity index (χ3v) is 3.43. The van der Waals surface area contributed by atoms with Crippen LogP contribution >= 0.6 is 0 Å². The van der Waals surface area contributed by atoms with Crippen LogP contribution in [0.15, 0.2) is 29.8 Å². The third kappa shape index (κ3) is 3.51. The Labute approximate surface area is 113 Å². The van der Waals surface area contributed by atoms with Gasteiger partial charge < -0.3 is 4.74 Å². The molecule has 0 saturated carbocycles. The van der Waals surface area contributed by atoms with Crippen molar-refractivity contribution in [3.05, 3.63) is 46.5 Å². The van der Waals surface area contributed by atoms with Crippen molar-refractivity contribution < 1.29 is 13.9 Å². The molecule has 2 nitrogen and oxygen atoms in total. The first-order valence-electron chi connectivity index (χ1n) is 6.60. The minimum Gasteiger partial charge on any atom is -0.366 e. The molecule has 19 heavy (non-hydrogen) atoms. The fourth-order valence-electron chi connectivity index (χ4n) is 2.47. The van der Waals surface area contributed by atoms with Gasteiger partial charge in [0.1, 0.15) is 13.0 Å². The Morgan fingerprint density at radius 2 is 2.26 bits per heavy atom. The zero-order valence-electron chi connectivity index (χ0n) is 11.4. The first-order chi connectivity index (χ1) is 9.12. The van der Waals surface area contributed by atoms with E-state index >= 15 is 0 Å². The van der Waals surface area contributed by atoms with Crippen LogP contribution in [0, 0.1) is 6.92 Å². The van der Waals surface area contributed by atoms with Gasteiger partial charge in [-0.3, -0.25) is 4.79 Å². The minimum absolute atomic E-state index is 0.00969. The molecule has 2 rings (SSSR count). The van der Waals surface area contributed by atoms with E-state index in [0.717, 1.165) is 35.8 Å². The Hall–Kier alpha value is -1.48. The van der Waals surface area contributed by atoms with Crippen LogP contribution in [-0.2, 0) is 16.2 Å². The van der Waals surface area contributed by atoms with Gasteiger partial charge in [0.25, 0.3) is 0 Å². The normalized spacial score (nSPS) is 20.2. The summed E-state index contributed by atoms with van der Waals surface area (Å²) in [6, 6.07) is 5.70. The lowest BCUT2D eigenvalue weighted by atomic mass is 10.0. The monoisotopic (exact) mass is 262 g/mol. The highest BCUT2D eigenvalue weighted by Crippen LogP contribution is 2.27. The van der Waals surface area contributed by atoms with Crippen LogP contribution in [-0.4, -0.2) is 12.4 Å². The van der Waals surface area contributed by atoms with Gasteiger partial charge in [0.05, 0.1) is 12.2 Å². The summed E-state index contributed by atoms with van der Waals surface area (Å²) in [5, 5.41) is 0. The smallest absolute Gasteiger partial charge is 0.145 e. The first kappa shape index (κ1) is 13.9. The Morgan fingerprint density at radius 1 is 1.47 bits per heavy atom. The number of ether oxygens (including phenoxy) is 1. The maximum absolute atomic E-state index is 12.8. The largest absolute Gasteiger partial charge is 0.366 e. The molecule has 1 aromatic carbocycles. The van der Waals surface area contributed by atoms with Gasteiger partial charge in [0.15, 0.2) is 0 Å². The van der Waals surface area contributed by atoms with Gasteiger partial charge in [-0.15, -0.1) is 0 Å². The molecule has 0 heterocycles. The van der Waals surface area contributed by atoms with Crippen molar-refractivity contribution >= 4 is 6.29 Å². The lowest BCUT2D eigenvalue weighted by Gasteiger charge is -2.18. The molecule has 0 unspecified atom stereocenters. The maximum atomic E-state index is 12.8. The molecule has 102 valence electrons. The highest BCUT2D eigenvalue weighted by atomic mass is 19.1. The molecular weight excluding hydrogens is 243 g/mol. The van der Waals surface area contributed by atoms with Crippen molar-refractivity contribution in [2.24, 2.45) is 0 Å². The number of aryl methyl sites for hydroxylation is 1. The Bertz CT molecular complexity index is 494. The van der Waals surface area contributed by atoms with E-state index < -0.39 is 6.67 Å². The van der Waals surface area contributed by atoms with Crippen molar-refractivity contribution in [3.8, 4) is 0 Å². The second-order valence-electron chi connectivity index (χ2n) is 5.10. The lowest BCUT2D eigenvalue weighted by molar-refractivity contribution is -0.105. The van der Waals surface area contributed by atoms with Gasteiger partial charge >= 0.3 is 0 Å². The third-order valence-electron chi connectivity index (χ3n) is 3.43. The summed E-state index contributed by atoms with van der Waals surface area (Å²) < 4.78 is 18.7. The zero-order chi connectivity index (χ0) is 13.8. The van der Waals surface area contributed by atoms with Gasteiger partial charge in [0, 0.05) is 0 Å². The Morgan fingerprint density at radius 3 is 2.89 bits per heavy atom. The molecule has 0 amide bonds. The Balaban J connectivity index is 2.07. The predicted octanol–water partition coefficient (Wildman–Crippen LogP) is 3.83. The Kier molecular flexibility index (Phi) is 4.48. The molecule has 0 aromatic heterocycles. The maximum Gasteiger partial charge on any atom is 0.145 e. The summed E-state index contributed by atoms with van der Waals surface area (Å²) >= 11 is 0. The molecule has 0 spiro atoms. The van der Waals surface area contributed by atoms with Crippen LogP contribution in [0.25, 0.3) is 0 Å². The molecule has 0 N–H and O–H groups in total. The van der Waals surface area contributed by atoms with E-state index in [1.807, 2.05) is 38.1 Å². The molecule has 0 saturated heterocycles. The number of rotatable bonds is 5. The number of aldehydes is 1. The number of hydrogen-bond donors (Lipinski definition) is 0. The quantitative estimate of drug-likeness (QED) is 0.754. The average Bonchev–Trinajstić information content (AvgIpc) is 2.85. The molecule has 0 aliphatic heterocycles. The lowest BCUT2D eigenvalue weighted by Crippen LogP contribution is -2.10. The number of halogens is 1. The molecule has 0 fully saturated rings. The number of carbonyl (C=O) groups excluding carboxylic acids is 1. The van der Waals surface area contributed by atoms with E-state index in [2.05, 4.69) is 0 Å². The number of carbonyl (C=O) groups is 1. The summed E-state index contributed by atoms with van der Waals surface area (Å²) in [5.41, 5.74) is 3.52. The van der Waals surface area contributed by atoms with Crippen LogP contribution in [0.2, 0.25) is 0 Å². The highest BCUT2D eigenvalue weighted by Gasteiger charge is 2.19. The summed E-state index contributed by atoms with van der Waals surface area (Å²) in [5.74, 6) is 0. The number of benzene rings is 1. The zero-order valence-corrected chi connectivity index (χ0v) is 11.4. The van der Waals surface area contributed by atoms with Crippen molar-refractivity contribution in [3.63, 3.8) is 0 Å². The van der Waals surface area contributed by atoms with E-state index in [9.17, 15) is 9.18 Å². The van der Waals surface area contributed by atoms with Gasteiger partial charge in [0.2, 0.25) is 0 Å². The van der Waals surface area contributed by atoms with E-state index in [1.165, 1.54) is 0 Å². The highest BCUT2D eigenvalue weighted by molar-refractivity contribution is 5.74. The van der Waals surface area contributed by atoms with Crippen molar-refractivity contribution in [1.29, 1.82) is 0 Å². The standard InChI is InChI=1S/C16H19FO2/c1-11-5-14(9-17)7-15(6-11)12(2)19-16-4-3-13(8-16)10-18/h5-8,10,12,16H,3-4,9H2,1-2H3/t12-,16+/m1/s1. The van der Waals surface area contributed by atoms with Crippen LogP contribution in [0.5, 0.6) is 0 Å². The predicted molar refractivity (Wildman–Crippen MR) is 72.7 cm³/mol. The van der Waals surface area contributed by atoms with Gasteiger partial charge in [-0.2, -0.15) is 0 Å². The molecule has 0 bridgehead atoms. The van der Waals surface area contributed by atoms with Crippen LogP contribution in [0.4, 0.5) is 4.39 Å². The molecule has 0 radical (unpaired) electrons. The van der Waals surface area contributed by atoms with Crippen LogP contribution in [0.3, 0.4) is 0 Å². The second-order valence-corrected chi connectivity index (χ2v) is 5.10. The van der Waals surface area contributed by atoms with Crippen molar-refractivity contribution in [2.45, 2.75) is 45.6 Å². The minimum atomic E-state index is -0.458. The number of hydrogen-bond acceptors (Lipinski definition) is 2. The fourth-order valence-corrected chi connectivity index (χ4v) is 2.47. The molecule has 1 aromatic rings. The summed E-state index contributed by atoms with van der Waals surface area (Å²) in [6.45, 7) is 3.46. The summed E-state index contributed by atoms with van der Waals surface area (Å²) in [6.07, 6.45) is 4.30. The summed E-state index contributed by atoms with van der Waals surface area (Å²) in [4.78, 5) is 10.7. The van der Waals surface area contributed by atoms with Crippen molar-refractivity contribution in [1.82, 2.24) is 0 Å².